The lowest BCUT2D eigenvalue weighted by molar-refractivity contribution is -0.124. The molecule has 1 N–H and O–H groups in total. The van der Waals surface area contributed by atoms with Crippen LogP contribution in [0.5, 0.6) is 11.6 Å². The van der Waals surface area contributed by atoms with Gasteiger partial charge in [0.2, 0.25) is 5.91 Å². The van der Waals surface area contributed by atoms with E-state index in [1.165, 1.54) is 18.5 Å². The first-order valence-corrected chi connectivity index (χ1v) is 16.6. The van der Waals surface area contributed by atoms with Crippen LogP contribution >= 0.6 is 0 Å². The van der Waals surface area contributed by atoms with Crippen LogP contribution in [0.3, 0.4) is 0 Å². The molecule has 11 heteroatoms. The second-order valence-corrected chi connectivity index (χ2v) is 14.5. The number of halogens is 1. The highest BCUT2D eigenvalue weighted by Gasteiger charge is 2.53. The van der Waals surface area contributed by atoms with Crippen LogP contribution in [-0.2, 0) is 4.79 Å². The predicted octanol–water partition coefficient (Wildman–Crippen LogP) is 4.98. The van der Waals surface area contributed by atoms with Crippen LogP contribution in [0.4, 0.5) is 10.2 Å². The van der Waals surface area contributed by atoms with E-state index in [4.69, 9.17) is 4.74 Å². The van der Waals surface area contributed by atoms with E-state index < -0.39 is 0 Å². The summed E-state index contributed by atoms with van der Waals surface area (Å²) in [7, 11) is 0. The maximum Gasteiger partial charge on any atom is 0.282 e. The number of hydrogen-bond donors (Lipinski definition) is 1. The van der Waals surface area contributed by atoms with Gasteiger partial charge < -0.3 is 15.0 Å². The highest BCUT2D eigenvalue weighted by Crippen LogP contribution is 2.48. The molecule has 0 bridgehead atoms. The minimum Gasteiger partial charge on any atom is -0.434 e. The van der Waals surface area contributed by atoms with Crippen molar-refractivity contribution in [2.24, 2.45) is 23.2 Å². The molecule has 4 heterocycles. The molecule has 5 fully saturated rings. The minimum atomic E-state index is -0.363. The molecule has 3 saturated carbocycles. The van der Waals surface area contributed by atoms with E-state index in [0.29, 0.717) is 58.5 Å². The second-order valence-electron chi connectivity index (χ2n) is 14.5. The summed E-state index contributed by atoms with van der Waals surface area (Å²) in [5.74, 6) is 3.22. The predicted molar refractivity (Wildman–Crippen MR) is 166 cm³/mol. The molecule has 3 aromatic rings. The second kappa shape index (κ2) is 11.3. The molecule has 2 aromatic heterocycles. The summed E-state index contributed by atoms with van der Waals surface area (Å²) >= 11 is 0. The molecule has 5 aliphatic rings. The number of nitrogens with zero attached hydrogens (tertiary/aromatic N) is 7. The van der Waals surface area contributed by atoms with Gasteiger partial charge in [0, 0.05) is 61.4 Å². The number of anilines is 1. The van der Waals surface area contributed by atoms with Crippen LogP contribution in [0.15, 0.2) is 36.8 Å². The zero-order valence-electron chi connectivity index (χ0n) is 26.0. The van der Waals surface area contributed by atoms with Crippen LogP contribution in [0.1, 0.15) is 70.3 Å². The fourth-order valence-corrected chi connectivity index (χ4v) is 8.08. The summed E-state index contributed by atoms with van der Waals surface area (Å²) in [6.07, 6.45) is 10.7. The van der Waals surface area contributed by atoms with E-state index in [9.17, 15) is 9.18 Å². The number of carbonyl (C=O) groups is 1. The maximum absolute atomic E-state index is 14.5. The van der Waals surface area contributed by atoms with Crippen molar-refractivity contribution in [1.29, 1.82) is 0 Å². The fourth-order valence-electron chi connectivity index (χ4n) is 8.08. The average Bonchev–Trinajstić information content (AvgIpc) is 3.94. The Labute approximate surface area is 263 Å². The van der Waals surface area contributed by atoms with Gasteiger partial charge in [-0.1, -0.05) is 13.8 Å². The normalized spacial score (nSPS) is 24.8. The highest BCUT2D eigenvalue weighted by molar-refractivity contribution is 5.81. The number of carbonyl (C=O) groups excluding carboxylic acids is 1. The zero-order valence-corrected chi connectivity index (χ0v) is 26.0. The number of rotatable bonds is 10. The van der Waals surface area contributed by atoms with Crippen LogP contribution < -0.4 is 15.0 Å². The molecule has 2 aliphatic heterocycles. The van der Waals surface area contributed by atoms with Crippen molar-refractivity contribution in [1.82, 2.24) is 35.6 Å². The van der Waals surface area contributed by atoms with Crippen molar-refractivity contribution in [3.8, 4) is 22.9 Å². The van der Waals surface area contributed by atoms with E-state index in [1.807, 2.05) is 6.07 Å². The first-order chi connectivity index (χ1) is 21.9. The van der Waals surface area contributed by atoms with Gasteiger partial charge in [-0.3, -0.25) is 9.69 Å². The van der Waals surface area contributed by atoms with E-state index in [-0.39, 0.29) is 23.1 Å². The number of likely N-dealkylation sites (tertiary alicyclic amines) is 1. The first-order valence-electron chi connectivity index (χ1n) is 16.6. The Kier molecular flexibility index (Phi) is 7.19. The summed E-state index contributed by atoms with van der Waals surface area (Å²) in [5, 5.41) is 20.1. The van der Waals surface area contributed by atoms with Crippen molar-refractivity contribution in [3.63, 3.8) is 0 Å². The monoisotopic (exact) mass is 612 g/mol. The van der Waals surface area contributed by atoms with E-state index in [1.54, 1.807) is 12.3 Å². The molecule has 45 heavy (non-hydrogen) atoms. The summed E-state index contributed by atoms with van der Waals surface area (Å²) < 4.78 is 20.9. The van der Waals surface area contributed by atoms with Crippen molar-refractivity contribution >= 4 is 11.7 Å². The van der Waals surface area contributed by atoms with Gasteiger partial charge in [-0.25, -0.2) is 9.37 Å². The lowest BCUT2D eigenvalue weighted by Crippen LogP contribution is -2.65. The Bertz CT molecular complexity index is 1580. The van der Waals surface area contributed by atoms with E-state index >= 15 is 0 Å². The standard InChI is InChI=1S/C34H41FN8O2/c1-20(2)30(23-13-25(14-23)39-32(44)22-5-6-22)43-17-34(18-43)10-12-42(16-34)31-33(41-38-19-36-31)45-28-8-7-24(35)15-27(28)29-26(21-3-4-21)9-11-37-40-29/h7-9,11,15,19-23,25,30H,3-6,10,12-14,16-18H2,1-2H3,(H,39,44)/t23?,25?,30-/m1/s1. The van der Waals surface area contributed by atoms with Gasteiger partial charge >= 0.3 is 0 Å². The van der Waals surface area contributed by atoms with Gasteiger partial charge in [-0.05, 0) is 92.5 Å². The van der Waals surface area contributed by atoms with Crippen molar-refractivity contribution < 1.29 is 13.9 Å². The third-order valence-corrected chi connectivity index (χ3v) is 10.6. The third kappa shape index (κ3) is 5.64. The van der Waals surface area contributed by atoms with E-state index in [0.717, 1.165) is 76.7 Å². The Morgan fingerprint density at radius 3 is 2.64 bits per heavy atom. The molecule has 1 amide bonds. The molecule has 1 aromatic carbocycles. The molecule has 0 radical (unpaired) electrons. The molecule has 10 nitrogen and oxygen atoms in total. The Hall–Kier alpha value is -3.73. The molecule has 8 rings (SSSR count). The van der Waals surface area contributed by atoms with Gasteiger partial charge in [0.05, 0.1) is 0 Å². The number of benzene rings is 1. The van der Waals surface area contributed by atoms with Gasteiger partial charge in [-0.15, -0.1) is 10.2 Å². The van der Waals surface area contributed by atoms with Gasteiger partial charge in [0.25, 0.3) is 5.88 Å². The first kappa shape index (κ1) is 28.7. The SMILES string of the molecule is CC(C)[C@H](C1CC(NC(=O)C2CC2)C1)N1CC2(CCN(c3ncnnc3Oc3ccc(F)cc3-c3nnccc3C3CC3)C2)C1. The Balaban J connectivity index is 0.948. The van der Waals surface area contributed by atoms with E-state index in [2.05, 4.69) is 54.3 Å². The van der Waals surface area contributed by atoms with Gasteiger partial charge in [-0.2, -0.15) is 10.2 Å². The highest BCUT2D eigenvalue weighted by atomic mass is 19.1. The number of hydrogen-bond acceptors (Lipinski definition) is 9. The molecule has 2 saturated heterocycles. The van der Waals surface area contributed by atoms with Crippen LogP contribution in [0.2, 0.25) is 0 Å². The van der Waals surface area contributed by atoms with Gasteiger partial charge in [0.15, 0.2) is 5.82 Å². The topological polar surface area (TPSA) is 109 Å². The number of aromatic nitrogens is 5. The Morgan fingerprint density at radius 1 is 1.07 bits per heavy atom. The summed E-state index contributed by atoms with van der Waals surface area (Å²) in [4.78, 5) is 21.8. The largest absolute Gasteiger partial charge is 0.434 e. The molecule has 1 atom stereocenters. The molecule has 0 unspecified atom stereocenters. The van der Waals surface area contributed by atoms with Gasteiger partial charge in [0.1, 0.15) is 23.6 Å². The molecular weight excluding hydrogens is 571 g/mol. The molecule has 1 spiro atoms. The summed E-state index contributed by atoms with van der Waals surface area (Å²) in [6.45, 7) is 8.54. The zero-order chi connectivity index (χ0) is 30.7. The van der Waals surface area contributed by atoms with Crippen LogP contribution in [-0.4, -0.2) is 74.4 Å². The Morgan fingerprint density at radius 2 is 1.89 bits per heavy atom. The van der Waals surface area contributed by atoms with Crippen molar-refractivity contribution in [3.05, 3.63) is 48.2 Å². The molecule has 236 valence electrons. The quantitative estimate of drug-likeness (QED) is 0.339. The average molecular weight is 613 g/mol. The maximum atomic E-state index is 14.5. The fraction of sp³-hybridized carbons (Fsp3) is 0.588. The van der Waals surface area contributed by atoms with Crippen LogP contribution in [0.25, 0.3) is 11.3 Å². The number of amides is 1. The van der Waals surface area contributed by atoms with Crippen molar-refractivity contribution in [2.75, 3.05) is 31.1 Å². The summed E-state index contributed by atoms with van der Waals surface area (Å²) in [6, 6.07) is 7.32. The molecular formula is C34H41FN8O2. The minimum absolute atomic E-state index is 0.207. The van der Waals surface area contributed by atoms with Crippen molar-refractivity contribution in [2.45, 2.75) is 76.8 Å². The van der Waals surface area contributed by atoms with Crippen LogP contribution in [0, 0.1) is 29.0 Å². The smallest absolute Gasteiger partial charge is 0.282 e. The third-order valence-electron chi connectivity index (χ3n) is 10.6. The molecule has 3 aliphatic carbocycles. The summed E-state index contributed by atoms with van der Waals surface area (Å²) in [5.41, 5.74) is 2.47. The lowest BCUT2D eigenvalue weighted by atomic mass is 9.68. The lowest BCUT2D eigenvalue weighted by Gasteiger charge is -2.57. The number of nitrogens with one attached hydrogen (secondary N) is 1. The number of ether oxygens (including phenoxy) is 1.